The van der Waals surface area contributed by atoms with Crippen molar-refractivity contribution in [1.29, 1.82) is 0 Å². The highest BCUT2D eigenvalue weighted by atomic mass is 32.2. The summed E-state index contributed by atoms with van der Waals surface area (Å²) in [7, 11) is 0. The summed E-state index contributed by atoms with van der Waals surface area (Å²) in [6, 6.07) is 17.9. The van der Waals surface area contributed by atoms with Crippen LogP contribution in [0.15, 0.2) is 60.7 Å². The molecule has 0 fully saturated rings. The van der Waals surface area contributed by atoms with Gasteiger partial charge >= 0.3 is 6.09 Å². The number of alkyl carbamates (subject to hydrolysis) is 1. The minimum absolute atomic E-state index is 0.169. The van der Waals surface area contributed by atoms with E-state index in [9.17, 15) is 9.59 Å². The number of nitrogens with one attached hydrogen (secondary N) is 2. The standard InChI is InChI=1S/C19H22N2O3S/c1-25-13-12-17(18(22)20-16-10-6-3-7-11-16)21-19(23)24-14-15-8-4-2-5-9-15/h2-11,17H,12-14H2,1H3,(H,20,22)(H,21,23)/t17-/m0/s1. The SMILES string of the molecule is CSCC[C@H](NC(=O)OCc1ccccc1)C(=O)Nc1ccccc1. The average Bonchev–Trinajstić information content (AvgIpc) is 2.65. The van der Waals surface area contributed by atoms with E-state index in [0.717, 1.165) is 11.3 Å². The van der Waals surface area contributed by atoms with E-state index in [1.54, 1.807) is 23.9 Å². The Morgan fingerprint density at radius 2 is 1.68 bits per heavy atom. The number of carbonyl (C=O) groups is 2. The van der Waals surface area contributed by atoms with Gasteiger partial charge in [-0.05, 0) is 36.1 Å². The van der Waals surface area contributed by atoms with E-state index < -0.39 is 12.1 Å². The van der Waals surface area contributed by atoms with Crippen molar-refractivity contribution in [2.45, 2.75) is 19.1 Å². The molecule has 0 aliphatic rings. The molecule has 0 unspecified atom stereocenters. The summed E-state index contributed by atoms with van der Waals surface area (Å²) < 4.78 is 5.20. The largest absolute Gasteiger partial charge is 0.445 e. The molecule has 132 valence electrons. The summed E-state index contributed by atoms with van der Waals surface area (Å²) in [5.74, 6) is 0.503. The number of benzene rings is 2. The first kappa shape index (κ1) is 18.9. The Morgan fingerprint density at radius 3 is 2.32 bits per heavy atom. The summed E-state index contributed by atoms with van der Waals surface area (Å²) >= 11 is 1.62. The Balaban J connectivity index is 1.89. The second kappa shape index (κ2) is 10.4. The number of para-hydroxylation sites is 1. The molecule has 1 atom stereocenters. The van der Waals surface area contributed by atoms with Crippen LogP contribution < -0.4 is 10.6 Å². The molecule has 2 aromatic rings. The van der Waals surface area contributed by atoms with Crippen molar-refractivity contribution in [1.82, 2.24) is 5.32 Å². The van der Waals surface area contributed by atoms with Gasteiger partial charge < -0.3 is 15.4 Å². The molecule has 0 saturated heterocycles. The smallest absolute Gasteiger partial charge is 0.408 e. The minimum atomic E-state index is -0.643. The predicted octanol–water partition coefficient (Wildman–Crippen LogP) is 3.67. The molecule has 6 heteroatoms. The Kier molecular flexibility index (Phi) is 7.85. The lowest BCUT2D eigenvalue weighted by atomic mass is 10.2. The molecule has 2 N–H and O–H groups in total. The van der Waals surface area contributed by atoms with Crippen molar-refractivity contribution >= 4 is 29.4 Å². The molecular formula is C19H22N2O3S. The fraction of sp³-hybridized carbons (Fsp3) is 0.263. The summed E-state index contributed by atoms with van der Waals surface area (Å²) in [5.41, 5.74) is 1.59. The van der Waals surface area contributed by atoms with Gasteiger partial charge in [0.1, 0.15) is 12.6 Å². The van der Waals surface area contributed by atoms with E-state index in [4.69, 9.17) is 4.74 Å². The quantitative estimate of drug-likeness (QED) is 0.755. The van der Waals surface area contributed by atoms with Gasteiger partial charge in [-0.1, -0.05) is 48.5 Å². The molecule has 0 aliphatic carbocycles. The molecule has 0 radical (unpaired) electrons. The molecule has 0 heterocycles. The van der Waals surface area contributed by atoms with Crippen LogP contribution in [0.3, 0.4) is 0 Å². The first-order valence-corrected chi connectivity index (χ1v) is 9.40. The topological polar surface area (TPSA) is 67.4 Å². The van der Waals surface area contributed by atoms with Crippen LogP contribution in [-0.4, -0.2) is 30.1 Å². The van der Waals surface area contributed by atoms with Crippen molar-refractivity contribution in [2.24, 2.45) is 0 Å². The molecular weight excluding hydrogens is 336 g/mol. The lowest BCUT2D eigenvalue weighted by Gasteiger charge is -2.18. The molecule has 25 heavy (non-hydrogen) atoms. The fourth-order valence-electron chi connectivity index (χ4n) is 2.16. The summed E-state index contributed by atoms with van der Waals surface area (Å²) in [4.78, 5) is 24.5. The maximum atomic E-state index is 12.4. The minimum Gasteiger partial charge on any atom is -0.445 e. The molecule has 0 aromatic heterocycles. The summed E-state index contributed by atoms with van der Waals surface area (Å²) in [5, 5.41) is 5.47. The summed E-state index contributed by atoms with van der Waals surface area (Å²) in [6.45, 7) is 0.169. The average molecular weight is 358 g/mol. The molecule has 2 rings (SSSR count). The Hall–Kier alpha value is -2.47. The lowest BCUT2D eigenvalue weighted by molar-refractivity contribution is -0.118. The van der Waals surface area contributed by atoms with E-state index >= 15 is 0 Å². The van der Waals surface area contributed by atoms with Crippen molar-refractivity contribution in [3.63, 3.8) is 0 Å². The van der Waals surface area contributed by atoms with Crippen molar-refractivity contribution in [3.05, 3.63) is 66.2 Å². The van der Waals surface area contributed by atoms with Gasteiger partial charge in [0.2, 0.25) is 5.91 Å². The van der Waals surface area contributed by atoms with E-state index in [2.05, 4.69) is 10.6 Å². The fourth-order valence-corrected chi connectivity index (χ4v) is 2.63. The molecule has 2 aromatic carbocycles. The van der Waals surface area contributed by atoms with Gasteiger partial charge in [-0.25, -0.2) is 4.79 Å². The second-order valence-electron chi connectivity index (χ2n) is 5.40. The van der Waals surface area contributed by atoms with Crippen LogP contribution in [0, 0.1) is 0 Å². The van der Waals surface area contributed by atoms with Gasteiger partial charge in [-0.2, -0.15) is 11.8 Å². The monoisotopic (exact) mass is 358 g/mol. The number of ether oxygens (including phenoxy) is 1. The number of anilines is 1. The number of amides is 2. The Bertz CT molecular complexity index is 665. The number of hydrogen-bond acceptors (Lipinski definition) is 4. The number of thioether (sulfide) groups is 1. The number of hydrogen-bond donors (Lipinski definition) is 2. The van der Waals surface area contributed by atoms with E-state index in [-0.39, 0.29) is 12.5 Å². The van der Waals surface area contributed by atoms with Gasteiger partial charge in [0.15, 0.2) is 0 Å². The summed E-state index contributed by atoms with van der Waals surface area (Å²) in [6.07, 6.45) is 1.89. The first-order valence-electron chi connectivity index (χ1n) is 8.01. The van der Waals surface area contributed by atoms with Crippen molar-refractivity contribution < 1.29 is 14.3 Å². The molecule has 0 bridgehead atoms. The third kappa shape index (κ3) is 6.89. The molecule has 2 amide bonds. The first-order chi connectivity index (χ1) is 12.2. The van der Waals surface area contributed by atoms with Crippen LogP contribution >= 0.6 is 11.8 Å². The van der Waals surface area contributed by atoms with Crippen LogP contribution in [-0.2, 0) is 16.1 Å². The van der Waals surface area contributed by atoms with Crippen LogP contribution in [0.4, 0.5) is 10.5 Å². The third-order valence-corrected chi connectivity index (χ3v) is 4.12. The van der Waals surface area contributed by atoms with E-state index in [0.29, 0.717) is 12.1 Å². The molecule has 0 aliphatic heterocycles. The predicted molar refractivity (Wildman–Crippen MR) is 102 cm³/mol. The highest BCUT2D eigenvalue weighted by molar-refractivity contribution is 7.98. The maximum Gasteiger partial charge on any atom is 0.408 e. The van der Waals surface area contributed by atoms with E-state index in [1.807, 2.05) is 54.8 Å². The molecule has 0 spiro atoms. The van der Waals surface area contributed by atoms with Crippen molar-refractivity contribution in [2.75, 3.05) is 17.3 Å². The van der Waals surface area contributed by atoms with Gasteiger partial charge in [0.25, 0.3) is 0 Å². The van der Waals surface area contributed by atoms with Crippen molar-refractivity contribution in [3.8, 4) is 0 Å². The zero-order valence-corrected chi connectivity index (χ0v) is 14.9. The van der Waals surface area contributed by atoms with Crippen LogP contribution in [0.2, 0.25) is 0 Å². The zero-order valence-electron chi connectivity index (χ0n) is 14.1. The van der Waals surface area contributed by atoms with Gasteiger partial charge in [-0.3, -0.25) is 4.79 Å². The third-order valence-electron chi connectivity index (χ3n) is 3.47. The highest BCUT2D eigenvalue weighted by Crippen LogP contribution is 2.09. The number of carbonyl (C=O) groups excluding carboxylic acids is 2. The lowest BCUT2D eigenvalue weighted by Crippen LogP contribution is -2.44. The Morgan fingerprint density at radius 1 is 1.04 bits per heavy atom. The van der Waals surface area contributed by atoms with Gasteiger partial charge in [-0.15, -0.1) is 0 Å². The highest BCUT2D eigenvalue weighted by Gasteiger charge is 2.21. The van der Waals surface area contributed by atoms with E-state index in [1.165, 1.54) is 0 Å². The van der Waals surface area contributed by atoms with Crippen LogP contribution in [0.5, 0.6) is 0 Å². The zero-order chi connectivity index (χ0) is 17.9. The maximum absolute atomic E-state index is 12.4. The van der Waals surface area contributed by atoms with Crippen LogP contribution in [0.25, 0.3) is 0 Å². The van der Waals surface area contributed by atoms with Crippen LogP contribution in [0.1, 0.15) is 12.0 Å². The molecule has 0 saturated carbocycles. The van der Waals surface area contributed by atoms with Gasteiger partial charge in [0.05, 0.1) is 0 Å². The normalized spacial score (nSPS) is 11.4. The molecule has 5 nitrogen and oxygen atoms in total. The van der Waals surface area contributed by atoms with Gasteiger partial charge in [0, 0.05) is 5.69 Å². The Labute approximate surface area is 152 Å². The number of rotatable bonds is 8. The second-order valence-corrected chi connectivity index (χ2v) is 6.38.